The Hall–Kier alpha value is -2.22. The van der Waals surface area contributed by atoms with Crippen LogP contribution in [0.1, 0.15) is 0 Å². The topological polar surface area (TPSA) is 64.4 Å². The first-order chi connectivity index (χ1) is 12.6. The van der Waals surface area contributed by atoms with Gasteiger partial charge in [-0.15, -0.1) is 11.3 Å². The summed E-state index contributed by atoms with van der Waals surface area (Å²) >= 11 is 7.31. The van der Waals surface area contributed by atoms with Gasteiger partial charge in [-0.1, -0.05) is 23.7 Å². The zero-order valence-electron chi connectivity index (χ0n) is 13.9. The van der Waals surface area contributed by atoms with Gasteiger partial charge in [-0.05, 0) is 23.8 Å². The molecule has 0 spiro atoms. The first-order valence-electron chi connectivity index (χ1n) is 8.22. The Kier molecular flexibility index (Phi) is 4.76. The lowest BCUT2D eigenvalue weighted by molar-refractivity contribution is -0.135. The van der Waals surface area contributed by atoms with Crippen LogP contribution in [0.25, 0.3) is 20.7 Å². The van der Waals surface area contributed by atoms with Gasteiger partial charge in [0.1, 0.15) is 11.2 Å². The van der Waals surface area contributed by atoms with Crippen molar-refractivity contribution < 1.29 is 9.53 Å². The average Bonchev–Trinajstić information content (AvgIpc) is 3.10. The molecule has 3 aromatic rings. The number of halogens is 1. The summed E-state index contributed by atoms with van der Waals surface area (Å²) in [6, 6.07) is 9.34. The summed E-state index contributed by atoms with van der Waals surface area (Å²) in [7, 11) is 0. The van der Waals surface area contributed by atoms with Crippen molar-refractivity contribution in [2.75, 3.05) is 26.3 Å². The summed E-state index contributed by atoms with van der Waals surface area (Å²) in [5.41, 5.74) is 1.43. The highest BCUT2D eigenvalue weighted by molar-refractivity contribution is 7.22. The number of amides is 1. The lowest BCUT2D eigenvalue weighted by Gasteiger charge is -2.26. The van der Waals surface area contributed by atoms with Gasteiger partial charge in [-0.2, -0.15) is 0 Å². The van der Waals surface area contributed by atoms with E-state index in [0.717, 1.165) is 10.4 Å². The van der Waals surface area contributed by atoms with Gasteiger partial charge in [0.25, 0.3) is 5.56 Å². The van der Waals surface area contributed by atoms with Gasteiger partial charge in [0, 0.05) is 23.0 Å². The second-order valence-electron chi connectivity index (χ2n) is 6.00. The van der Waals surface area contributed by atoms with Crippen molar-refractivity contribution in [1.29, 1.82) is 0 Å². The van der Waals surface area contributed by atoms with Gasteiger partial charge < -0.3 is 9.64 Å². The van der Waals surface area contributed by atoms with Crippen molar-refractivity contribution in [1.82, 2.24) is 14.5 Å². The minimum Gasteiger partial charge on any atom is -0.378 e. The molecular weight excluding hydrogens is 374 g/mol. The van der Waals surface area contributed by atoms with E-state index < -0.39 is 0 Å². The fourth-order valence-corrected chi connectivity index (χ4v) is 4.06. The number of morpholine rings is 1. The minimum absolute atomic E-state index is 0.00402. The molecule has 0 unspecified atom stereocenters. The van der Waals surface area contributed by atoms with Gasteiger partial charge in [0.2, 0.25) is 5.91 Å². The van der Waals surface area contributed by atoms with E-state index in [1.807, 2.05) is 30.3 Å². The van der Waals surface area contributed by atoms with E-state index in [1.54, 1.807) is 4.90 Å². The predicted molar refractivity (Wildman–Crippen MR) is 102 cm³/mol. The molecule has 2 aromatic heterocycles. The molecule has 1 aliphatic heterocycles. The summed E-state index contributed by atoms with van der Waals surface area (Å²) in [5.74, 6) is -0.0916. The Morgan fingerprint density at radius 3 is 2.69 bits per heavy atom. The summed E-state index contributed by atoms with van der Waals surface area (Å²) in [4.78, 5) is 32.2. The molecule has 1 fully saturated rings. The Labute approximate surface area is 158 Å². The molecule has 3 heterocycles. The normalized spacial score (nSPS) is 14.7. The maximum absolute atomic E-state index is 12.8. The fourth-order valence-electron chi connectivity index (χ4n) is 2.87. The molecule has 8 heteroatoms. The minimum atomic E-state index is -0.193. The highest BCUT2D eigenvalue weighted by atomic mass is 35.5. The first kappa shape index (κ1) is 17.2. The van der Waals surface area contributed by atoms with E-state index >= 15 is 0 Å². The van der Waals surface area contributed by atoms with Crippen LogP contribution < -0.4 is 5.56 Å². The molecule has 6 nitrogen and oxygen atoms in total. The number of rotatable bonds is 3. The zero-order chi connectivity index (χ0) is 18.1. The zero-order valence-corrected chi connectivity index (χ0v) is 15.4. The Balaban J connectivity index is 1.63. The Bertz CT molecular complexity index is 1010. The average molecular weight is 390 g/mol. The smallest absolute Gasteiger partial charge is 0.271 e. The highest BCUT2D eigenvalue weighted by Gasteiger charge is 2.18. The van der Waals surface area contributed by atoms with E-state index in [4.69, 9.17) is 16.3 Å². The summed E-state index contributed by atoms with van der Waals surface area (Å²) < 4.78 is 7.18. The quantitative estimate of drug-likeness (QED) is 0.690. The van der Waals surface area contributed by atoms with E-state index in [9.17, 15) is 9.59 Å². The monoisotopic (exact) mass is 389 g/mol. The predicted octanol–water partition coefficient (Wildman–Crippen LogP) is 2.64. The number of carbonyl (C=O) groups is 1. The molecule has 0 saturated carbocycles. The largest absolute Gasteiger partial charge is 0.378 e. The van der Waals surface area contributed by atoms with Crippen LogP contribution in [-0.4, -0.2) is 46.7 Å². The van der Waals surface area contributed by atoms with Crippen LogP contribution in [0, 0.1) is 0 Å². The van der Waals surface area contributed by atoms with Crippen LogP contribution in [0.5, 0.6) is 0 Å². The van der Waals surface area contributed by atoms with Gasteiger partial charge in [-0.25, -0.2) is 4.98 Å². The van der Waals surface area contributed by atoms with Crippen LogP contribution in [0.15, 0.2) is 41.5 Å². The third-order valence-corrected chi connectivity index (χ3v) is 5.72. The third kappa shape index (κ3) is 3.38. The Morgan fingerprint density at radius 2 is 1.96 bits per heavy atom. The standard InChI is InChI=1S/C18H16ClN3O3S/c19-13-3-1-12(2-4-13)15-9-14-17(26-15)18(24)22(11-20-14)10-16(23)21-5-7-25-8-6-21/h1-4,9,11H,5-8,10H2. The lowest BCUT2D eigenvalue weighted by atomic mass is 10.2. The second-order valence-corrected chi connectivity index (χ2v) is 7.49. The number of ether oxygens (including phenoxy) is 1. The summed E-state index contributed by atoms with van der Waals surface area (Å²) in [6.45, 7) is 2.18. The molecule has 0 N–H and O–H groups in total. The molecule has 1 amide bonds. The van der Waals surface area contributed by atoms with E-state index in [-0.39, 0.29) is 18.0 Å². The number of thiophene rings is 1. The van der Waals surface area contributed by atoms with E-state index in [2.05, 4.69) is 4.98 Å². The number of fused-ring (bicyclic) bond motifs is 1. The summed E-state index contributed by atoms with van der Waals surface area (Å²) in [5, 5.41) is 0.664. The molecule has 1 aromatic carbocycles. The molecule has 0 atom stereocenters. The van der Waals surface area contributed by atoms with E-state index in [1.165, 1.54) is 22.2 Å². The molecule has 4 rings (SSSR count). The van der Waals surface area contributed by atoms with Crippen LogP contribution >= 0.6 is 22.9 Å². The van der Waals surface area contributed by atoms with Crippen LogP contribution in [0.3, 0.4) is 0 Å². The number of carbonyl (C=O) groups excluding carboxylic acids is 1. The molecule has 0 radical (unpaired) electrons. The number of benzene rings is 1. The maximum atomic E-state index is 12.8. The van der Waals surface area contributed by atoms with Gasteiger partial charge >= 0.3 is 0 Å². The van der Waals surface area contributed by atoms with Crippen molar-refractivity contribution >= 4 is 39.1 Å². The summed E-state index contributed by atoms with van der Waals surface area (Å²) in [6.07, 6.45) is 1.45. The van der Waals surface area contributed by atoms with E-state index in [0.29, 0.717) is 41.5 Å². The lowest BCUT2D eigenvalue weighted by Crippen LogP contribution is -2.43. The van der Waals surface area contributed by atoms with Crippen LogP contribution in [0.2, 0.25) is 5.02 Å². The van der Waals surface area contributed by atoms with Gasteiger partial charge in [0.15, 0.2) is 0 Å². The molecule has 26 heavy (non-hydrogen) atoms. The highest BCUT2D eigenvalue weighted by Crippen LogP contribution is 2.31. The molecule has 0 bridgehead atoms. The maximum Gasteiger partial charge on any atom is 0.271 e. The number of nitrogens with zero attached hydrogens (tertiary/aromatic N) is 3. The molecular formula is C18H16ClN3O3S. The van der Waals surface area contributed by atoms with Crippen molar-refractivity contribution in [3.63, 3.8) is 0 Å². The van der Waals surface area contributed by atoms with Crippen molar-refractivity contribution in [2.24, 2.45) is 0 Å². The number of aromatic nitrogens is 2. The van der Waals surface area contributed by atoms with Gasteiger partial charge in [-0.3, -0.25) is 14.2 Å². The Morgan fingerprint density at radius 1 is 1.23 bits per heavy atom. The van der Waals surface area contributed by atoms with Crippen molar-refractivity contribution in [3.05, 3.63) is 52.0 Å². The molecule has 0 aliphatic carbocycles. The first-order valence-corrected chi connectivity index (χ1v) is 9.42. The van der Waals surface area contributed by atoms with Crippen molar-refractivity contribution in [3.8, 4) is 10.4 Å². The van der Waals surface area contributed by atoms with Crippen molar-refractivity contribution in [2.45, 2.75) is 6.54 Å². The van der Waals surface area contributed by atoms with Crippen LogP contribution in [0.4, 0.5) is 0 Å². The fraction of sp³-hybridized carbons (Fsp3) is 0.278. The molecule has 1 saturated heterocycles. The van der Waals surface area contributed by atoms with Gasteiger partial charge in [0.05, 0.1) is 25.1 Å². The number of hydrogen-bond acceptors (Lipinski definition) is 5. The molecule has 1 aliphatic rings. The SMILES string of the molecule is O=C(Cn1cnc2cc(-c3ccc(Cl)cc3)sc2c1=O)N1CCOCC1. The molecule has 134 valence electrons. The van der Waals surface area contributed by atoms with Crippen LogP contribution in [-0.2, 0) is 16.1 Å². The third-order valence-electron chi connectivity index (χ3n) is 4.30. The number of hydrogen-bond donors (Lipinski definition) is 0. The second kappa shape index (κ2) is 7.19.